The van der Waals surface area contributed by atoms with E-state index in [2.05, 4.69) is 27.7 Å². The second-order valence-corrected chi connectivity index (χ2v) is 8.39. The van der Waals surface area contributed by atoms with E-state index in [0.29, 0.717) is 12.3 Å². The van der Waals surface area contributed by atoms with E-state index in [1.165, 1.54) is 0 Å². The van der Waals surface area contributed by atoms with Crippen LogP contribution in [0.25, 0.3) is 0 Å². The number of carbonyl (C=O) groups is 2. The van der Waals surface area contributed by atoms with Crippen molar-refractivity contribution in [3.05, 3.63) is 12.3 Å². The Labute approximate surface area is 147 Å². The highest BCUT2D eigenvalue weighted by Crippen LogP contribution is 2.30. The zero-order valence-electron chi connectivity index (χ0n) is 16.3. The molecule has 0 aromatic heterocycles. The summed E-state index contributed by atoms with van der Waals surface area (Å²) in [5.41, 5.74) is -0.0759. The molecule has 0 radical (unpaired) electrons. The number of amides is 1. The molecule has 1 amide bonds. The maximum absolute atomic E-state index is 12.4. The minimum Gasteiger partial charge on any atom is -0.462 e. The molecule has 0 aromatic rings. The third kappa shape index (κ3) is 7.06. The quantitative estimate of drug-likeness (QED) is 0.610. The van der Waals surface area contributed by atoms with Crippen molar-refractivity contribution < 1.29 is 14.3 Å². The monoisotopic (exact) mass is 337 g/mol. The molecule has 0 saturated carbocycles. The van der Waals surface area contributed by atoms with Gasteiger partial charge in [0, 0.05) is 19.7 Å². The zero-order chi connectivity index (χ0) is 18.3. The summed E-state index contributed by atoms with van der Waals surface area (Å²) in [5.74, 6) is 0.355. The molecule has 1 aliphatic heterocycles. The van der Waals surface area contributed by atoms with Crippen molar-refractivity contribution in [2.75, 3.05) is 7.05 Å². The van der Waals surface area contributed by atoms with Gasteiger partial charge in [0.05, 0.1) is 5.92 Å². The summed E-state index contributed by atoms with van der Waals surface area (Å²) in [6.45, 7) is 10.5. The molecule has 0 saturated heterocycles. The lowest BCUT2D eigenvalue weighted by Crippen LogP contribution is -2.35. The van der Waals surface area contributed by atoms with Gasteiger partial charge in [-0.05, 0) is 37.0 Å². The summed E-state index contributed by atoms with van der Waals surface area (Å²) < 4.78 is 5.88. The first-order valence-electron chi connectivity index (χ1n) is 9.24. The minimum atomic E-state index is -0.124. The maximum atomic E-state index is 12.4. The van der Waals surface area contributed by atoms with Gasteiger partial charge in [0.1, 0.15) is 6.10 Å². The number of rotatable bonds is 0. The molecule has 24 heavy (non-hydrogen) atoms. The van der Waals surface area contributed by atoms with Crippen LogP contribution in [-0.4, -0.2) is 29.9 Å². The summed E-state index contributed by atoms with van der Waals surface area (Å²) in [6.07, 6.45) is 8.48. The number of hydrogen-bond acceptors (Lipinski definition) is 3. The van der Waals surface area contributed by atoms with Gasteiger partial charge in [-0.2, -0.15) is 0 Å². The maximum Gasteiger partial charge on any atom is 0.308 e. The average molecular weight is 338 g/mol. The third-order valence-corrected chi connectivity index (χ3v) is 4.82. The van der Waals surface area contributed by atoms with Crippen LogP contribution in [0.2, 0.25) is 0 Å². The Morgan fingerprint density at radius 2 is 1.83 bits per heavy atom. The average Bonchev–Trinajstić information content (AvgIpc) is 2.48. The molecule has 0 N–H and O–H groups in total. The molecule has 4 heteroatoms. The molecule has 4 nitrogen and oxygen atoms in total. The third-order valence-electron chi connectivity index (χ3n) is 4.82. The van der Waals surface area contributed by atoms with E-state index in [1.807, 2.05) is 19.2 Å². The lowest BCUT2D eigenvalue weighted by Gasteiger charge is -2.33. The summed E-state index contributed by atoms with van der Waals surface area (Å²) in [4.78, 5) is 26.2. The van der Waals surface area contributed by atoms with Crippen molar-refractivity contribution in [3.63, 3.8) is 0 Å². The Hall–Kier alpha value is -1.32. The zero-order valence-corrected chi connectivity index (χ0v) is 16.3. The predicted molar refractivity (Wildman–Crippen MR) is 97.3 cm³/mol. The standard InChI is InChI=1S/C20H35NO3/c1-15-10-9-12-18(22)21(6)13-8-7-11-16(2)19(23)24-17(14-15)20(3,4)5/h8,13,15-17H,7,9-12,14H2,1-6H3/b13-8+/t15-,16+,17+/m1/s1. The molecule has 0 spiro atoms. The van der Waals surface area contributed by atoms with Crippen molar-refractivity contribution in [2.24, 2.45) is 17.3 Å². The van der Waals surface area contributed by atoms with Gasteiger partial charge >= 0.3 is 5.97 Å². The van der Waals surface area contributed by atoms with Crippen LogP contribution < -0.4 is 0 Å². The SMILES string of the molecule is C[C@@H]1CCCC(=O)N(C)/C=C/CC[C@H](C)C(=O)O[C@H](C(C)(C)C)C1. The molecule has 1 rings (SSSR count). The number of ether oxygens (including phenoxy) is 1. The molecule has 0 unspecified atom stereocenters. The van der Waals surface area contributed by atoms with Gasteiger partial charge in [0.15, 0.2) is 0 Å². The Kier molecular flexibility index (Phi) is 7.98. The van der Waals surface area contributed by atoms with E-state index in [9.17, 15) is 9.59 Å². The van der Waals surface area contributed by atoms with Crippen molar-refractivity contribution >= 4 is 11.9 Å². The molecule has 0 fully saturated rings. The molecule has 1 aliphatic rings. The van der Waals surface area contributed by atoms with Crippen molar-refractivity contribution in [1.82, 2.24) is 4.90 Å². The fourth-order valence-corrected chi connectivity index (χ4v) is 2.88. The fraction of sp³-hybridized carbons (Fsp3) is 0.800. The van der Waals surface area contributed by atoms with Gasteiger partial charge in [-0.15, -0.1) is 0 Å². The first-order valence-corrected chi connectivity index (χ1v) is 9.24. The molecular formula is C20H35NO3. The second kappa shape index (κ2) is 9.24. The van der Waals surface area contributed by atoms with Gasteiger partial charge in [0.25, 0.3) is 0 Å². The van der Waals surface area contributed by atoms with E-state index in [0.717, 1.165) is 32.1 Å². The van der Waals surface area contributed by atoms with Crippen molar-refractivity contribution in [3.8, 4) is 0 Å². The van der Waals surface area contributed by atoms with Gasteiger partial charge in [-0.25, -0.2) is 0 Å². The Balaban J connectivity index is 2.86. The van der Waals surface area contributed by atoms with E-state index in [-0.39, 0.29) is 29.3 Å². The summed E-state index contributed by atoms with van der Waals surface area (Å²) >= 11 is 0. The number of cyclic esters (lactones) is 1. The van der Waals surface area contributed by atoms with Crippen LogP contribution in [-0.2, 0) is 14.3 Å². The highest BCUT2D eigenvalue weighted by Gasteiger charge is 2.31. The molecule has 3 atom stereocenters. The molecule has 1 heterocycles. The van der Waals surface area contributed by atoms with Crippen LogP contribution in [0.3, 0.4) is 0 Å². The van der Waals surface area contributed by atoms with Gasteiger partial charge in [-0.3, -0.25) is 9.59 Å². The van der Waals surface area contributed by atoms with Gasteiger partial charge in [0.2, 0.25) is 5.91 Å². The van der Waals surface area contributed by atoms with E-state index in [1.54, 1.807) is 11.9 Å². The molecule has 0 aromatic carbocycles. The lowest BCUT2D eigenvalue weighted by atomic mass is 9.82. The van der Waals surface area contributed by atoms with Crippen LogP contribution in [0.15, 0.2) is 12.3 Å². The van der Waals surface area contributed by atoms with Gasteiger partial charge < -0.3 is 9.64 Å². The Morgan fingerprint density at radius 3 is 2.46 bits per heavy atom. The number of allylic oxidation sites excluding steroid dienone is 1. The smallest absolute Gasteiger partial charge is 0.308 e. The minimum absolute atomic E-state index is 0.0759. The highest BCUT2D eigenvalue weighted by atomic mass is 16.5. The van der Waals surface area contributed by atoms with E-state index >= 15 is 0 Å². The van der Waals surface area contributed by atoms with Gasteiger partial charge in [-0.1, -0.05) is 47.1 Å². The Morgan fingerprint density at radius 1 is 1.17 bits per heavy atom. The number of esters is 1. The van der Waals surface area contributed by atoms with Crippen LogP contribution in [0, 0.1) is 17.3 Å². The molecule has 0 aliphatic carbocycles. The topological polar surface area (TPSA) is 46.6 Å². The number of carbonyl (C=O) groups excluding carboxylic acids is 2. The van der Waals surface area contributed by atoms with Crippen molar-refractivity contribution in [2.45, 2.75) is 79.2 Å². The lowest BCUT2D eigenvalue weighted by molar-refractivity contribution is -0.160. The van der Waals surface area contributed by atoms with E-state index in [4.69, 9.17) is 4.74 Å². The first-order chi connectivity index (χ1) is 11.1. The van der Waals surface area contributed by atoms with Crippen LogP contribution in [0.4, 0.5) is 0 Å². The summed E-state index contributed by atoms with van der Waals surface area (Å²) in [7, 11) is 1.80. The molecule has 0 bridgehead atoms. The molecular weight excluding hydrogens is 302 g/mol. The molecule has 138 valence electrons. The van der Waals surface area contributed by atoms with Crippen LogP contribution >= 0.6 is 0 Å². The first kappa shape index (κ1) is 20.7. The normalized spacial score (nSPS) is 30.2. The summed E-state index contributed by atoms with van der Waals surface area (Å²) in [5, 5.41) is 0. The largest absolute Gasteiger partial charge is 0.462 e. The summed E-state index contributed by atoms with van der Waals surface area (Å²) in [6, 6.07) is 0. The van der Waals surface area contributed by atoms with E-state index < -0.39 is 0 Å². The number of nitrogens with zero attached hydrogens (tertiary/aromatic N) is 1. The fourth-order valence-electron chi connectivity index (χ4n) is 2.88. The van der Waals surface area contributed by atoms with Crippen molar-refractivity contribution in [1.29, 1.82) is 0 Å². The predicted octanol–water partition coefficient (Wildman–Crippen LogP) is 4.54. The van der Waals surface area contributed by atoms with Crippen LogP contribution in [0.1, 0.15) is 73.1 Å². The second-order valence-electron chi connectivity index (χ2n) is 8.39. The van der Waals surface area contributed by atoms with Crippen LogP contribution in [0.5, 0.6) is 0 Å². The highest BCUT2D eigenvalue weighted by molar-refractivity contribution is 5.76. The number of hydrogen-bond donors (Lipinski definition) is 0. The Bertz CT molecular complexity index is 450.